The van der Waals surface area contributed by atoms with E-state index in [1.54, 1.807) is 24.3 Å². The molecule has 0 aromatic heterocycles. The average Bonchev–Trinajstić information content (AvgIpc) is 3.42. The molecule has 0 radical (unpaired) electrons. The van der Waals surface area contributed by atoms with Crippen molar-refractivity contribution in [3.8, 4) is 5.75 Å². The van der Waals surface area contributed by atoms with Gasteiger partial charge < -0.3 is 15.4 Å². The zero-order valence-corrected chi connectivity index (χ0v) is 15.4. The number of ether oxygens (including phenoxy) is 1. The zero-order valence-electron chi connectivity index (χ0n) is 15.4. The van der Waals surface area contributed by atoms with Crippen LogP contribution in [0.5, 0.6) is 5.75 Å². The third kappa shape index (κ3) is 4.42. The Bertz CT molecular complexity index is 841. The predicted molar refractivity (Wildman–Crippen MR) is 102 cm³/mol. The summed E-state index contributed by atoms with van der Waals surface area (Å²) < 4.78 is 5.73. The fourth-order valence-corrected chi connectivity index (χ4v) is 2.72. The number of amides is 2. The van der Waals surface area contributed by atoms with Crippen molar-refractivity contribution in [2.24, 2.45) is 0 Å². The molecule has 0 aliphatic heterocycles. The third-order valence-electron chi connectivity index (χ3n) is 4.54. The van der Waals surface area contributed by atoms with E-state index < -0.39 is 0 Å². The summed E-state index contributed by atoms with van der Waals surface area (Å²) in [6.07, 6.45) is 2.08. The lowest BCUT2D eigenvalue weighted by molar-refractivity contribution is -0.118. The monoisotopic (exact) mass is 352 g/mol. The molecule has 2 aromatic rings. The van der Waals surface area contributed by atoms with Gasteiger partial charge in [0.15, 0.2) is 6.61 Å². The Morgan fingerprint density at radius 2 is 1.81 bits per heavy atom. The minimum absolute atomic E-state index is 0.0797. The zero-order chi connectivity index (χ0) is 18.7. The first-order valence-corrected chi connectivity index (χ1v) is 8.84. The van der Waals surface area contributed by atoms with Gasteiger partial charge in [-0.3, -0.25) is 9.59 Å². The van der Waals surface area contributed by atoms with E-state index in [-0.39, 0.29) is 18.4 Å². The Kier molecular flexibility index (Phi) is 5.26. The maximum atomic E-state index is 12.2. The Balaban J connectivity index is 1.60. The SMILES string of the molecule is Cc1ccc(C)c(OCC(=O)Nc2cccc(C(=O)NC3CC3)c2)c1C. The maximum absolute atomic E-state index is 12.2. The highest BCUT2D eigenvalue weighted by Crippen LogP contribution is 2.25. The molecular weight excluding hydrogens is 328 g/mol. The van der Waals surface area contributed by atoms with Gasteiger partial charge >= 0.3 is 0 Å². The van der Waals surface area contributed by atoms with Gasteiger partial charge in [-0.25, -0.2) is 0 Å². The van der Waals surface area contributed by atoms with Gasteiger partial charge in [0.25, 0.3) is 11.8 Å². The van der Waals surface area contributed by atoms with E-state index in [1.165, 1.54) is 0 Å². The highest BCUT2D eigenvalue weighted by Gasteiger charge is 2.23. The number of hydrogen-bond donors (Lipinski definition) is 2. The molecule has 1 aliphatic rings. The van der Waals surface area contributed by atoms with Crippen LogP contribution in [0.15, 0.2) is 36.4 Å². The van der Waals surface area contributed by atoms with E-state index in [0.717, 1.165) is 35.3 Å². The Morgan fingerprint density at radius 1 is 1.08 bits per heavy atom. The lowest BCUT2D eigenvalue weighted by atomic mass is 10.1. The van der Waals surface area contributed by atoms with Crippen LogP contribution < -0.4 is 15.4 Å². The first-order chi connectivity index (χ1) is 12.4. The molecule has 0 atom stereocenters. The number of aryl methyl sites for hydroxylation is 2. The molecule has 136 valence electrons. The summed E-state index contributed by atoms with van der Waals surface area (Å²) >= 11 is 0. The van der Waals surface area contributed by atoms with Gasteiger partial charge in [-0.15, -0.1) is 0 Å². The minimum atomic E-state index is -0.259. The van der Waals surface area contributed by atoms with E-state index in [0.29, 0.717) is 17.3 Å². The van der Waals surface area contributed by atoms with Crippen LogP contribution in [0.3, 0.4) is 0 Å². The van der Waals surface area contributed by atoms with Gasteiger partial charge in [-0.2, -0.15) is 0 Å². The maximum Gasteiger partial charge on any atom is 0.262 e. The predicted octanol–water partition coefficient (Wildman–Crippen LogP) is 3.52. The summed E-state index contributed by atoms with van der Waals surface area (Å²) in [5.74, 6) is 0.383. The van der Waals surface area contributed by atoms with Gasteiger partial charge in [0.05, 0.1) is 0 Å². The van der Waals surface area contributed by atoms with Gasteiger partial charge in [0.1, 0.15) is 5.75 Å². The number of benzene rings is 2. The van der Waals surface area contributed by atoms with Crippen LogP contribution in [0.1, 0.15) is 39.9 Å². The van der Waals surface area contributed by atoms with Crippen LogP contribution in [-0.4, -0.2) is 24.5 Å². The van der Waals surface area contributed by atoms with Gasteiger partial charge in [0.2, 0.25) is 0 Å². The summed E-state index contributed by atoms with van der Waals surface area (Å²) in [6.45, 7) is 5.88. The van der Waals surface area contributed by atoms with Gasteiger partial charge in [-0.05, 0) is 68.5 Å². The molecule has 0 spiro atoms. The lowest BCUT2D eigenvalue weighted by Gasteiger charge is -2.14. The molecule has 5 heteroatoms. The molecular formula is C21H24N2O3. The molecule has 5 nitrogen and oxygen atoms in total. The molecule has 0 unspecified atom stereocenters. The number of hydrogen-bond acceptors (Lipinski definition) is 3. The fraction of sp³-hybridized carbons (Fsp3) is 0.333. The summed E-state index contributed by atoms with van der Waals surface area (Å²) in [5.41, 5.74) is 4.29. The molecule has 3 rings (SSSR count). The first-order valence-electron chi connectivity index (χ1n) is 8.84. The Labute approximate surface area is 153 Å². The summed E-state index contributed by atoms with van der Waals surface area (Å²) in [4.78, 5) is 24.3. The van der Waals surface area contributed by atoms with Crippen LogP contribution in [0.4, 0.5) is 5.69 Å². The number of anilines is 1. The van der Waals surface area contributed by atoms with Crippen molar-refractivity contribution in [1.82, 2.24) is 5.32 Å². The Hall–Kier alpha value is -2.82. The molecule has 1 fully saturated rings. The highest BCUT2D eigenvalue weighted by atomic mass is 16.5. The average molecular weight is 352 g/mol. The number of rotatable bonds is 6. The quantitative estimate of drug-likeness (QED) is 0.836. The van der Waals surface area contributed by atoms with Crippen LogP contribution >= 0.6 is 0 Å². The molecule has 2 aromatic carbocycles. The van der Waals surface area contributed by atoms with Crippen LogP contribution in [0, 0.1) is 20.8 Å². The normalized spacial score (nSPS) is 13.2. The van der Waals surface area contributed by atoms with Crippen LogP contribution in [0.25, 0.3) is 0 Å². The highest BCUT2D eigenvalue weighted by molar-refractivity contribution is 5.97. The first kappa shape index (κ1) is 18.0. The van der Waals surface area contributed by atoms with Gasteiger partial charge in [0, 0.05) is 17.3 Å². The van der Waals surface area contributed by atoms with E-state index in [2.05, 4.69) is 10.6 Å². The topological polar surface area (TPSA) is 67.4 Å². The largest absolute Gasteiger partial charge is 0.483 e. The smallest absolute Gasteiger partial charge is 0.262 e. The number of carbonyl (C=O) groups excluding carboxylic acids is 2. The van der Waals surface area contributed by atoms with Crippen molar-refractivity contribution in [1.29, 1.82) is 0 Å². The third-order valence-corrected chi connectivity index (χ3v) is 4.54. The minimum Gasteiger partial charge on any atom is -0.483 e. The Morgan fingerprint density at radius 3 is 2.54 bits per heavy atom. The van der Waals surface area contributed by atoms with E-state index in [4.69, 9.17) is 4.74 Å². The van der Waals surface area contributed by atoms with Crippen molar-refractivity contribution in [3.05, 3.63) is 58.7 Å². The number of nitrogens with one attached hydrogen (secondary N) is 2. The summed E-state index contributed by atoms with van der Waals surface area (Å²) in [5, 5.41) is 5.72. The molecule has 0 saturated heterocycles. The van der Waals surface area contributed by atoms with Crippen molar-refractivity contribution in [3.63, 3.8) is 0 Å². The summed E-state index contributed by atoms with van der Waals surface area (Å²) in [6, 6.07) is 11.3. The fourth-order valence-electron chi connectivity index (χ4n) is 2.72. The molecule has 2 amide bonds. The second-order valence-electron chi connectivity index (χ2n) is 6.82. The second-order valence-corrected chi connectivity index (χ2v) is 6.82. The van der Waals surface area contributed by atoms with Crippen molar-refractivity contribution in [2.45, 2.75) is 39.7 Å². The van der Waals surface area contributed by atoms with E-state index in [9.17, 15) is 9.59 Å². The lowest BCUT2D eigenvalue weighted by Crippen LogP contribution is -2.25. The van der Waals surface area contributed by atoms with Crippen molar-refractivity contribution >= 4 is 17.5 Å². The second kappa shape index (κ2) is 7.60. The van der Waals surface area contributed by atoms with E-state index >= 15 is 0 Å². The molecule has 0 heterocycles. The summed E-state index contributed by atoms with van der Waals surface area (Å²) in [7, 11) is 0. The van der Waals surface area contributed by atoms with Crippen molar-refractivity contribution < 1.29 is 14.3 Å². The molecule has 1 aliphatic carbocycles. The number of carbonyl (C=O) groups is 2. The van der Waals surface area contributed by atoms with E-state index in [1.807, 2.05) is 32.9 Å². The standard InChI is InChI=1S/C21H24N2O3/c1-13-7-8-14(2)20(15(13)3)26-12-19(24)22-18-6-4-5-16(11-18)21(25)23-17-9-10-17/h4-8,11,17H,9-10,12H2,1-3H3,(H,22,24)(H,23,25). The van der Waals surface area contributed by atoms with Crippen LogP contribution in [-0.2, 0) is 4.79 Å². The van der Waals surface area contributed by atoms with Gasteiger partial charge in [-0.1, -0.05) is 18.2 Å². The molecule has 0 bridgehead atoms. The molecule has 2 N–H and O–H groups in total. The molecule has 1 saturated carbocycles. The van der Waals surface area contributed by atoms with Crippen LogP contribution in [0.2, 0.25) is 0 Å². The van der Waals surface area contributed by atoms with Crippen molar-refractivity contribution in [2.75, 3.05) is 11.9 Å². The molecule has 26 heavy (non-hydrogen) atoms.